The summed E-state index contributed by atoms with van der Waals surface area (Å²) in [5.41, 5.74) is 0.825. The predicted octanol–water partition coefficient (Wildman–Crippen LogP) is 1.78. The summed E-state index contributed by atoms with van der Waals surface area (Å²) in [4.78, 5) is 26.6. The Labute approximate surface area is 163 Å². The van der Waals surface area contributed by atoms with Gasteiger partial charge in [0.1, 0.15) is 17.0 Å². The van der Waals surface area contributed by atoms with E-state index in [4.69, 9.17) is 4.74 Å². The third-order valence-corrected chi connectivity index (χ3v) is 5.85. The lowest BCUT2D eigenvalue weighted by Gasteiger charge is -2.50. The average molecular weight is 383 g/mol. The number of aromatic nitrogens is 1. The number of aryl methyl sites for hydroxylation is 1. The fourth-order valence-corrected chi connectivity index (χ4v) is 4.25. The minimum atomic E-state index is -0.303. The number of nitrogens with one attached hydrogen (secondary N) is 1. The number of amides is 2. The molecule has 3 heterocycles. The Morgan fingerprint density at radius 1 is 1.29 bits per heavy atom. The maximum absolute atomic E-state index is 12.6. The van der Waals surface area contributed by atoms with Crippen molar-refractivity contribution in [2.24, 2.45) is 13.0 Å². The van der Waals surface area contributed by atoms with Crippen molar-refractivity contribution >= 4 is 11.8 Å². The van der Waals surface area contributed by atoms with Crippen LogP contribution >= 0.6 is 0 Å². The molecule has 7 nitrogen and oxygen atoms in total. The number of benzene rings is 1. The molecule has 2 saturated heterocycles. The summed E-state index contributed by atoms with van der Waals surface area (Å²) in [6.45, 7) is 2.38. The largest absolute Gasteiger partial charge is 0.508 e. The second-order valence-electron chi connectivity index (χ2n) is 7.66. The Kier molecular flexibility index (Phi) is 4.85. The van der Waals surface area contributed by atoms with Gasteiger partial charge in [-0.25, -0.2) is 0 Å². The molecule has 0 radical (unpaired) electrons. The van der Waals surface area contributed by atoms with Crippen molar-refractivity contribution in [2.75, 3.05) is 26.2 Å². The van der Waals surface area contributed by atoms with E-state index in [1.165, 1.54) is 6.07 Å². The van der Waals surface area contributed by atoms with Crippen LogP contribution in [0.3, 0.4) is 0 Å². The molecule has 2 aromatic rings. The van der Waals surface area contributed by atoms with E-state index in [2.05, 4.69) is 5.32 Å². The van der Waals surface area contributed by atoms with E-state index >= 15 is 0 Å². The molecule has 1 unspecified atom stereocenters. The third-order valence-electron chi connectivity index (χ3n) is 5.85. The molecule has 1 aromatic carbocycles. The van der Waals surface area contributed by atoms with Gasteiger partial charge in [-0.3, -0.25) is 9.59 Å². The molecule has 2 aliphatic heterocycles. The Hall–Kier alpha value is -2.80. The lowest BCUT2D eigenvalue weighted by molar-refractivity contribution is -0.117. The minimum Gasteiger partial charge on any atom is -0.508 e. The van der Waals surface area contributed by atoms with Crippen molar-refractivity contribution in [3.8, 4) is 5.75 Å². The van der Waals surface area contributed by atoms with E-state index in [-0.39, 0.29) is 23.2 Å². The summed E-state index contributed by atoms with van der Waals surface area (Å²) in [5.74, 6) is 0.238. The summed E-state index contributed by atoms with van der Waals surface area (Å²) < 4.78 is 7.82. The number of ether oxygens (including phenoxy) is 1. The first-order chi connectivity index (χ1) is 13.5. The van der Waals surface area contributed by atoms with Crippen molar-refractivity contribution in [3.63, 3.8) is 0 Å². The van der Waals surface area contributed by atoms with Crippen molar-refractivity contribution in [1.82, 2.24) is 14.8 Å². The quantitative estimate of drug-likeness (QED) is 0.824. The molecule has 1 spiro atoms. The summed E-state index contributed by atoms with van der Waals surface area (Å²) >= 11 is 0. The first-order valence-electron chi connectivity index (χ1n) is 9.60. The minimum absolute atomic E-state index is 0.0743. The van der Waals surface area contributed by atoms with Crippen molar-refractivity contribution in [1.29, 1.82) is 0 Å². The molecule has 0 saturated carbocycles. The molecule has 28 heavy (non-hydrogen) atoms. The number of likely N-dealkylation sites (tertiary alicyclic amines) is 1. The zero-order valence-electron chi connectivity index (χ0n) is 15.9. The van der Waals surface area contributed by atoms with E-state index in [9.17, 15) is 14.7 Å². The Balaban J connectivity index is 1.30. The van der Waals surface area contributed by atoms with E-state index in [1.54, 1.807) is 33.7 Å². The summed E-state index contributed by atoms with van der Waals surface area (Å²) in [6, 6.07) is 10.1. The smallest absolute Gasteiger partial charge is 0.267 e. The van der Waals surface area contributed by atoms with Crippen LogP contribution in [0.15, 0.2) is 42.6 Å². The van der Waals surface area contributed by atoms with Crippen LogP contribution in [0, 0.1) is 5.92 Å². The zero-order chi connectivity index (χ0) is 19.7. The van der Waals surface area contributed by atoms with Gasteiger partial charge in [0, 0.05) is 32.0 Å². The van der Waals surface area contributed by atoms with Gasteiger partial charge in [-0.1, -0.05) is 6.07 Å². The molecule has 7 heteroatoms. The zero-order valence-corrected chi connectivity index (χ0v) is 15.9. The van der Waals surface area contributed by atoms with Crippen LogP contribution in [-0.4, -0.2) is 58.2 Å². The third kappa shape index (κ3) is 3.38. The summed E-state index contributed by atoms with van der Waals surface area (Å²) in [6.07, 6.45) is 3.61. The van der Waals surface area contributed by atoms with Crippen molar-refractivity contribution in [2.45, 2.75) is 18.4 Å². The van der Waals surface area contributed by atoms with Gasteiger partial charge in [0.05, 0.1) is 13.1 Å². The normalized spacial score (nSPS) is 20.2. The van der Waals surface area contributed by atoms with Gasteiger partial charge in [0.2, 0.25) is 0 Å². The highest BCUT2D eigenvalue weighted by Crippen LogP contribution is 2.42. The molecule has 1 aromatic heterocycles. The molecule has 0 bridgehead atoms. The lowest BCUT2D eigenvalue weighted by Crippen LogP contribution is -2.66. The molecule has 2 N–H and O–H groups in total. The Morgan fingerprint density at radius 2 is 2.11 bits per heavy atom. The van der Waals surface area contributed by atoms with Crippen LogP contribution in [0.2, 0.25) is 0 Å². The van der Waals surface area contributed by atoms with Gasteiger partial charge in [-0.2, -0.15) is 0 Å². The van der Waals surface area contributed by atoms with Crippen LogP contribution in [-0.2, 0) is 11.8 Å². The van der Waals surface area contributed by atoms with E-state index in [0.29, 0.717) is 43.4 Å². The highest BCUT2D eigenvalue weighted by atomic mass is 16.5. The number of hydrogen-bond donors (Lipinski definition) is 2. The number of rotatable bonds is 5. The fraction of sp³-hybridized carbons (Fsp3) is 0.429. The number of hydrogen-bond acceptors (Lipinski definition) is 4. The first kappa shape index (κ1) is 18.6. The van der Waals surface area contributed by atoms with Crippen LogP contribution in [0.5, 0.6) is 5.75 Å². The fourth-order valence-electron chi connectivity index (χ4n) is 4.25. The molecule has 2 amide bonds. The molecular formula is C21H25N3O4. The van der Waals surface area contributed by atoms with Crippen LogP contribution < -0.4 is 5.32 Å². The number of carbonyl (C=O) groups excluding carboxylic acids is 2. The van der Waals surface area contributed by atoms with Gasteiger partial charge >= 0.3 is 0 Å². The second-order valence-corrected chi connectivity index (χ2v) is 7.66. The Bertz CT molecular complexity index is 885. The number of carbonyl (C=O) groups is 2. The topological polar surface area (TPSA) is 83.8 Å². The molecule has 2 fully saturated rings. The van der Waals surface area contributed by atoms with Crippen LogP contribution in [0.25, 0.3) is 0 Å². The molecule has 0 aliphatic carbocycles. The molecule has 1 atom stereocenters. The first-order valence-corrected chi connectivity index (χ1v) is 9.60. The van der Waals surface area contributed by atoms with Gasteiger partial charge < -0.3 is 24.6 Å². The molecule has 148 valence electrons. The van der Waals surface area contributed by atoms with Crippen molar-refractivity contribution in [3.05, 3.63) is 53.9 Å². The average Bonchev–Trinajstić information content (AvgIpc) is 3.26. The monoisotopic (exact) mass is 383 g/mol. The van der Waals surface area contributed by atoms with E-state index in [0.717, 1.165) is 12.8 Å². The SMILES string of the molecule is Cn1cccc1C(=O)NCCC1CCOC12CN(C(=O)c1cccc(O)c1)C2. The maximum atomic E-state index is 12.6. The van der Waals surface area contributed by atoms with Crippen LogP contribution in [0.4, 0.5) is 0 Å². The number of phenolic OH excluding ortho intramolecular Hbond substituents is 1. The van der Waals surface area contributed by atoms with Gasteiger partial charge in [0.25, 0.3) is 11.8 Å². The highest BCUT2D eigenvalue weighted by molar-refractivity contribution is 5.95. The highest BCUT2D eigenvalue weighted by Gasteiger charge is 2.54. The number of aromatic hydroxyl groups is 1. The number of nitrogens with zero attached hydrogens (tertiary/aromatic N) is 2. The van der Waals surface area contributed by atoms with Gasteiger partial charge in [-0.15, -0.1) is 0 Å². The van der Waals surface area contributed by atoms with Gasteiger partial charge in [-0.05, 0) is 49.1 Å². The summed E-state index contributed by atoms with van der Waals surface area (Å²) in [7, 11) is 1.85. The summed E-state index contributed by atoms with van der Waals surface area (Å²) in [5, 5.41) is 12.6. The molecular weight excluding hydrogens is 358 g/mol. The van der Waals surface area contributed by atoms with E-state index in [1.807, 2.05) is 19.3 Å². The van der Waals surface area contributed by atoms with Crippen molar-refractivity contribution < 1.29 is 19.4 Å². The molecule has 4 rings (SSSR count). The molecule has 2 aliphatic rings. The standard InChI is InChI=1S/C21H25N3O4/c1-23-10-3-6-18(23)19(26)22-9-7-16-8-11-28-21(16)13-24(14-21)20(27)15-4-2-5-17(25)12-15/h2-6,10,12,16,25H,7-9,11,13-14H2,1H3,(H,22,26). The van der Waals surface area contributed by atoms with Crippen LogP contribution in [0.1, 0.15) is 33.7 Å². The Morgan fingerprint density at radius 3 is 2.82 bits per heavy atom. The lowest BCUT2D eigenvalue weighted by atomic mass is 9.78. The van der Waals surface area contributed by atoms with Gasteiger partial charge in [0.15, 0.2) is 0 Å². The number of phenols is 1. The van der Waals surface area contributed by atoms with E-state index < -0.39 is 0 Å². The maximum Gasteiger partial charge on any atom is 0.267 e. The second kappa shape index (κ2) is 7.31. The predicted molar refractivity (Wildman–Crippen MR) is 103 cm³/mol.